The van der Waals surface area contributed by atoms with Gasteiger partial charge in [0.05, 0.1) is 0 Å². The van der Waals surface area contributed by atoms with Crippen LogP contribution in [0.4, 0.5) is 0 Å². The number of nitrogens with two attached hydrogens (primary N) is 1. The van der Waals surface area contributed by atoms with Gasteiger partial charge in [-0.2, -0.15) is 0 Å². The number of carbonyl (C=O) groups is 1. The van der Waals surface area contributed by atoms with Crippen LogP contribution in [-0.2, 0) is 0 Å². The third kappa shape index (κ3) is 2.72. The second kappa shape index (κ2) is 4.84. The molecule has 0 saturated carbocycles. The Balaban J connectivity index is 0.00000144. The maximum atomic E-state index is 10.8. The third-order valence-electron chi connectivity index (χ3n) is 1.43. The highest BCUT2D eigenvalue weighted by molar-refractivity contribution is 6.68. The molecule has 0 aliphatic rings. The van der Waals surface area contributed by atoms with Gasteiger partial charge in [-0.1, -0.05) is 18.2 Å². The number of benzene rings is 1. The summed E-state index contributed by atoms with van der Waals surface area (Å²) in [5.74, 6) is -0.153. The minimum absolute atomic E-state index is 0. The minimum atomic E-state index is -0.596. The summed E-state index contributed by atoms with van der Waals surface area (Å²) in [6.45, 7) is 0. The molecule has 0 amide bonds. The molecule has 0 aliphatic heterocycles. The van der Waals surface area contributed by atoms with E-state index in [4.69, 9.17) is 22.7 Å². The fraction of sp³-hybridized carbons (Fsp3) is 0. The lowest BCUT2D eigenvalue weighted by atomic mass is 10.1. The first-order chi connectivity index (χ1) is 5.63. The molecular weight excluding hydrogens is 211 g/mol. The standard InChI is InChI=1S/C8H7ClN2O.ClH/c9-7(12)5-3-1-2-4-6(5)8(10)11;/h1-4H,(H3,10,11);1H. The van der Waals surface area contributed by atoms with Crippen molar-refractivity contribution in [3.63, 3.8) is 0 Å². The maximum Gasteiger partial charge on any atom is 0.253 e. The molecule has 0 radical (unpaired) electrons. The molecule has 0 aromatic heterocycles. The average molecular weight is 219 g/mol. The molecule has 0 saturated heterocycles. The molecule has 5 heteroatoms. The van der Waals surface area contributed by atoms with Crippen LogP contribution >= 0.6 is 24.0 Å². The fourth-order valence-corrected chi connectivity index (χ4v) is 1.05. The van der Waals surface area contributed by atoms with Gasteiger partial charge in [-0.15, -0.1) is 12.4 Å². The van der Waals surface area contributed by atoms with Crippen molar-refractivity contribution < 1.29 is 4.79 Å². The van der Waals surface area contributed by atoms with E-state index in [2.05, 4.69) is 0 Å². The molecule has 1 rings (SSSR count). The maximum absolute atomic E-state index is 10.8. The third-order valence-corrected chi connectivity index (χ3v) is 1.63. The number of hydrogen-bond acceptors (Lipinski definition) is 2. The summed E-state index contributed by atoms with van der Waals surface area (Å²) < 4.78 is 0. The van der Waals surface area contributed by atoms with Crippen LogP contribution in [0.25, 0.3) is 0 Å². The monoisotopic (exact) mass is 218 g/mol. The first kappa shape index (κ1) is 11.9. The van der Waals surface area contributed by atoms with Crippen LogP contribution in [-0.4, -0.2) is 11.1 Å². The summed E-state index contributed by atoms with van der Waals surface area (Å²) in [5.41, 5.74) is 5.87. The van der Waals surface area contributed by atoms with Crippen molar-refractivity contribution in [3.8, 4) is 0 Å². The van der Waals surface area contributed by atoms with E-state index in [1.165, 1.54) is 6.07 Å². The molecule has 1 aromatic carbocycles. The molecular formula is C8H8Cl2N2O. The van der Waals surface area contributed by atoms with Crippen LogP contribution in [0.1, 0.15) is 15.9 Å². The lowest BCUT2D eigenvalue weighted by molar-refractivity contribution is 0.108. The molecule has 0 fully saturated rings. The van der Waals surface area contributed by atoms with Crippen molar-refractivity contribution in [1.82, 2.24) is 0 Å². The van der Waals surface area contributed by atoms with Crippen LogP contribution in [0.2, 0.25) is 0 Å². The predicted molar refractivity (Wildman–Crippen MR) is 54.9 cm³/mol. The van der Waals surface area contributed by atoms with Gasteiger partial charge in [0.15, 0.2) is 0 Å². The van der Waals surface area contributed by atoms with E-state index in [9.17, 15) is 4.79 Å². The molecule has 1 aromatic rings. The highest BCUT2D eigenvalue weighted by Gasteiger charge is 2.08. The molecule has 3 N–H and O–H groups in total. The van der Waals surface area contributed by atoms with Gasteiger partial charge < -0.3 is 5.73 Å². The molecule has 70 valence electrons. The second-order valence-corrected chi connectivity index (χ2v) is 2.58. The van der Waals surface area contributed by atoms with Crippen LogP contribution in [0, 0.1) is 5.41 Å². The van der Waals surface area contributed by atoms with E-state index in [0.29, 0.717) is 5.56 Å². The molecule has 0 heterocycles. The zero-order valence-corrected chi connectivity index (χ0v) is 8.15. The van der Waals surface area contributed by atoms with Crippen molar-refractivity contribution in [2.24, 2.45) is 5.73 Å². The largest absolute Gasteiger partial charge is 0.384 e. The molecule has 0 unspecified atom stereocenters. The molecule has 3 nitrogen and oxygen atoms in total. The van der Waals surface area contributed by atoms with E-state index < -0.39 is 5.24 Å². The number of nitrogens with one attached hydrogen (secondary N) is 1. The van der Waals surface area contributed by atoms with Crippen LogP contribution < -0.4 is 5.73 Å². The van der Waals surface area contributed by atoms with Crippen molar-refractivity contribution in [1.29, 1.82) is 5.41 Å². The topological polar surface area (TPSA) is 66.9 Å². The average Bonchev–Trinajstić information content (AvgIpc) is 2.04. The second-order valence-electron chi connectivity index (χ2n) is 2.23. The molecule has 0 atom stereocenters. The smallest absolute Gasteiger partial charge is 0.253 e. The Morgan fingerprint density at radius 1 is 1.31 bits per heavy atom. The van der Waals surface area contributed by atoms with E-state index in [1.54, 1.807) is 18.2 Å². The van der Waals surface area contributed by atoms with E-state index >= 15 is 0 Å². The molecule has 13 heavy (non-hydrogen) atoms. The zero-order chi connectivity index (χ0) is 9.14. The highest BCUT2D eigenvalue weighted by atomic mass is 35.5. The summed E-state index contributed by atoms with van der Waals surface area (Å²) in [6, 6.07) is 6.48. The number of amidine groups is 1. The molecule has 0 spiro atoms. The summed E-state index contributed by atoms with van der Waals surface area (Å²) >= 11 is 5.26. The Morgan fingerprint density at radius 2 is 1.77 bits per heavy atom. The van der Waals surface area contributed by atoms with Crippen molar-refractivity contribution in [3.05, 3.63) is 35.4 Å². The van der Waals surface area contributed by atoms with Crippen LogP contribution in [0.5, 0.6) is 0 Å². The zero-order valence-electron chi connectivity index (χ0n) is 6.58. The SMILES string of the molecule is Cl.N=C(N)c1ccccc1C(=O)Cl. The van der Waals surface area contributed by atoms with Crippen LogP contribution in [0.15, 0.2) is 24.3 Å². The molecule has 0 aliphatic carbocycles. The van der Waals surface area contributed by atoms with Gasteiger partial charge in [-0.3, -0.25) is 10.2 Å². The van der Waals surface area contributed by atoms with Gasteiger partial charge >= 0.3 is 0 Å². The quantitative estimate of drug-likeness (QED) is 0.452. The van der Waals surface area contributed by atoms with Gasteiger partial charge in [0.25, 0.3) is 5.24 Å². The van der Waals surface area contributed by atoms with E-state index in [0.717, 1.165) is 0 Å². The Morgan fingerprint density at radius 3 is 2.08 bits per heavy atom. The van der Waals surface area contributed by atoms with E-state index in [-0.39, 0.29) is 23.8 Å². The Labute approximate surface area is 86.8 Å². The van der Waals surface area contributed by atoms with Gasteiger partial charge in [0.1, 0.15) is 5.84 Å². The van der Waals surface area contributed by atoms with Gasteiger partial charge in [0, 0.05) is 11.1 Å². The number of halogens is 2. The van der Waals surface area contributed by atoms with Gasteiger partial charge in [-0.05, 0) is 17.7 Å². The van der Waals surface area contributed by atoms with Crippen molar-refractivity contribution >= 4 is 35.1 Å². The summed E-state index contributed by atoms with van der Waals surface area (Å²) in [7, 11) is 0. The number of hydrogen-bond donors (Lipinski definition) is 2. The predicted octanol–water partition coefficient (Wildman–Crippen LogP) is 1.77. The number of nitrogen functional groups attached to an aromatic ring is 1. The molecule has 0 bridgehead atoms. The first-order valence-electron chi connectivity index (χ1n) is 3.26. The Kier molecular flexibility index (Phi) is 4.45. The summed E-state index contributed by atoms with van der Waals surface area (Å²) in [4.78, 5) is 10.8. The summed E-state index contributed by atoms with van der Waals surface area (Å²) in [5, 5.41) is 6.54. The van der Waals surface area contributed by atoms with E-state index in [1.807, 2.05) is 0 Å². The minimum Gasteiger partial charge on any atom is -0.384 e. The van der Waals surface area contributed by atoms with Crippen LogP contribution in [0.3, 0.4) is 0 Å². The Hall–Kier alpha value is -1.06. The lowest BCUT2D eigenvalue weighted by Crippen LogP contribution is -2.14. The first-order valence-corrected chi connectivity index (χ1v) is 3.64. The van der Waals surface area contributed by atoms with Gasteiger partial charge in [0.2, 0.25) is 0 Å². The Bertz CT molecular complexity index is 306. The normalized spacial score (nSPS) is 8.69. The van der Waals surface area contributed by atoms with Crippen molar-refractivity contribution in [2.45, 2.75) is 0 Å². The fourth-order valence-electron chi connectivity index (χ4n) is 0.889. The summed E-state index contributed by atoms with van der Waals surface area (Å²) in [6.07, 6.45) is 0. The highest BCUT2D eigenvalue weighted by Crippen LogP contribution is 2.10. The number of carbonyl (C=O) groups excluding carboxylic acids is 1. The number of rotatable bonds is 2. The van der Waals surface area contributed by atoms with Crippen molar-refractivity contribution in [2.75, 3.05) is 0 Å². The van der Waals surface area contributed by atoms with Gasteiger partial charge in [-0.25, -0.2) is 0 Å². The lowest BCUT2D eigenvalue weighted by Gasteiger charge is -2.01.